The Hall–Kier alpha value is -2.01. The lowest BCUT2D eigenvalue weighted by Gasteiger charge is -2.16. The van der Waals surface area contributed by atoms with Crippen LogP contribution in [0.3, 0.4) is 0 Å². The summed E-state index contributed by atoms with van der Waals surface area (Å²) in [4.78, 5) is 16.7. The summed E-state index contributed by atoms with van der Waals surface area (Å²) in [6.45, 7) is 0. The van der Waals surface area contributed by atoms with Crippen LogP contribution in [0.4, 0.5) is 0 Å². The van der Waals surface area contributed by atoms with Gasteiger partial charge in [-0.05, 0) is 42.9 Å². The van der Waals surface area contributed by atoms with E-state index in [2.05, 4.69) is 28.3 Å². The molecule has 0 bridgehead atoms. The maximum absolute atomic E-state index is 11.4. The fraction of sp³-hybridized carbons (Fsp3) is 0.267. The first-order chi connectivity index (χ1) is 9.86. The minimum Gasteiger partial charge on any atom is -0.296 e. The number of rotatable bonds is 2. The lowest BCUT2D eigenvalue weighted by molar-refractivity contribution is 0.111. The molecular weight excluding hydrogens is 270 g/mol. The summed E-state index contributed by atoms with van der Waals surface area (Å²) in [6, 6.07) is 6.44. The molecule has 100 valence electrons. The highest BCUT2D eigenvalue weighted by atomic mass is 32.1. The van der Waals surface area contributed by atoms with Gasteiger partial charge in [0.05, 0.1) is 0 Å². The summed E-state index contributed by atoms with van der Waals surface area (Å²) in [5.74, 6) is 0. The number of carbonyl (C=O) groups excluding carboxylic acids is 1. The van der Waals surface area contributed by atoms with Crippen molar-refractivity contribution in [3.63, 3.8) is 0 Å². The Morgan fingerprint density at radius 2 is 2.05 bits per heavy atom. The van der Waals surface area contributed by atoms with Gasteiger partial charge in [-0.15, -0.1) is 0 Å². The molecule has 0 aliphatic heterocycles. The molecule has 4 rings (SSSR count). The van der Waals surface area contributed by atoms with Gasteiger partial charge in [0.25, 0.3) is 0 Å². The van der Waals surface area contributed by atoms with Crippen molar-refractivity contribution in [2.24, 2.45) is 0 Å². The molecule has 5 heteroatoms. The van der Waals surface area contributed by atoms with E-state index < -0.39 is 0 Å². The third kappa shape index (κ3) is 1.70. The summed E-state index contributed by atoms with van der Waals surface area (Å²) < 4.78 is 1.62. The van der Waals surface area contributed by atoms with Gasteiger partial charge in [0.15, 0.2) is 6.29 Å². The smallest absolute Gasteiger partial charge is 0.213 e. The van der Waals surface area contributed by atoms with Gasteiger partial charge in [0.2, 0.25) is 4.96 Å². The Morgan fingerprint density at radius 3 is 2.90 bits per heavy atom. The number of imidazole rings is 1. The predicted octanol–water partition coefficient (Wildman–Crippen LogP) is 3.15. The van der Waals surface area contributed by atoms with Crippen LogP contribution in [0.5, 0.6) is 0 Å². The lowest BCUT2D eigenvalue weighted by Crippen LogP contribution is -2.02. The number of benzene rings is 1. The van der Waals surface area contributed by atoms with Crippen LogP contribution in [0.2, 0.25) is 0 Å². The minimum atomic E-state index is 0.539. The van der Waals surface area contributed by atoms with Gasteiger partial charge in [0.1, 0.15) is 16.9 Å². The first-order valence-corrected chi connectivity index (χ1v) is 7.64. The zero-order valence-corrected chi connectivity index (χ0v) is 11.7. The van der Waals surface area contributed by atoms with Crippen LogP contribution in [0, 0.1) is 0 Å². The Bertz CT molecular complexity index is 803. The predicted molar refractivity (Wildman–Crippen MR) is 78.3 cm³/mol. The standard InChI is InChI=1S/C15H13N3OS/c19-8-13-14(17-15-18(13)16-9-20-15)12-6-5-10-3-1-2-4-11(10)7-12/h5-9H,1-4H2. The molecule has 0 atom stereocenters. The van der Waals surface area contributed by atoms with E-state index in [4.69, 9.17) is 0 Å². The second kappa shape index (κ2) is 4.52. The monoisotopic (exact) mass is 283 g/mol. The number of hydrogen-bond acceptors (Lipinski definition) is 4. The van der Waals surface area contributed by atoms with Gasteiger partial charge < -0.3 is 0 Å². The summed E-state index contributed by atoms with van der Waals surface area (Å²) in [5, 5.41) is 4.16. The first-order valence-electron chi connectivity index (χ1n) is 6.76. The molecule has 0 fully saturated rings. The average molecular weight is 283 g/mol. The maximum atomic E-state index is 11.4. The zero-order valence-electron chi connectivity index (χ0n) is 10.9. The van der Waals surface area contributed by atoms with Crippen LogP contribution in [0.15, 0.2) is 23.7 Å². The van der Waals surface area contributed by atoms with Crippen LogP contribution in [-0.4, -0.2) is 20.9 Å². The van der Waals surface area contributed by atoms with E-state index in [1.807, 2.05) is 0 Å². The third-order valence-electron chi connectivity index (χ3n) is 3.91. The largest absolute Gasteiger partial charge is 0.296 e. The van der Waals surface area contributed by atoms with E-state index in [0.717, 1.165) is 35.3 Å². The van der Waals surface area contributed by atoms with Gasteiger partial charge in [-0.2, -0.15) is 9.61 Å². The van der Waals surface area contributed by atoms with Gasteiger partial charge in [-0.25, -0.2) is 4.98 Å². The van der Waals surface area contributed by atoms with E-state index in [9.17, 15) is 4.79 Å². The normalized spacial score (nSPS) is 14.4. The molecule has 0 N–H and O–H groups in total. The third-order valence-corrected chi connectivity index (χ3v) is 4.59. The fourth-order valence-electron chi connectivity index (χ4n) is 2.91. The quantitative estimate of drug-likeness (QED) is 0.679. The molecule has 1 aliphatic rings. The van der Waals surface area contributed by atoms with Crippen LogP contribution < -0.4 is 0 Å². The molecular formula is C15H13N3OS. The van der Waals surface area contributed by atoms with Crippen molar-refractivity contribution in [3.8, 4) is 11.3 Å². The van der Waals surface area contributed by atoms with E-state index in [-0.39, 0.29) is 0 Å². The highest BCUT2D eigenvalue weighted by Gasteiger charge is 2.17. The van der Waals surface area contributed by atoms with Crippen molar-refractivity contribution in [2.75, 3.05) is 0 Å². The molecule has 0 saturated carbocycles. The Morgan fingerprint density at radius 1 is 1.20 bits per heavy atom. The van der Waals surface area contributed by atoms with E-state index in [1.54, 1.807) is 10.0 Å². The van der Waals surface area contributed by atoms with Crippen LogP contribution in [0.1, 0.15) is 34.5 Å². The molecule has 0 saturated heterocycles. The molecule has 0 unspecified atom stereocenters. The number of hydrogen-bond donors (Lipinski definition) is 0. The molecule has 1 aliphatic carbocycles. The summed E-state index contributed by atoms with van der Waals surface area (Å²) in [6.07, 6.45) is 5.65. The summed E-state index contributed by atoms with van der Waals surface area (Å²) in [7, 11) is 0. The van der Waals surface area contributed by atoms with Gasteiger partial charge in [-0.3, -0.25) is 4.79 Å². The highest BCUT2D eigenvalue weighted by Crippen LogP contribution is 2.29. The molecule has 4 nitrogen and oxygen atoms in total. The molecule has 20 heavy (non-hydrogen) atoms. The minimum absolute atomic E-state index is 0.539. The van der Waals surface area contributed by atoms with Gasteiger partial charge in [-0.1, -0.05) is 23.5 Å². The van der Waals surface area contributed by atoms with Crippen LogP contribution in [0.25, 0.3) is 16.2 Å². The van der Waals surface area contributed by atoms with Crippen molar-refractivity contribution in [3.05, 3.63) is 40.5 Å². The molecule has 3 aromatic rings. The zero-order chi connectivity index (χ0) is 13.5. The van der Waals surface area contributed by atoms with Crippen molar-refractivity contribution in [2.45, 2.75) is 25.7 Å². The Balaban J connectivity index is 1.90. The van der Waals surface area contributed by atoms with Crippen LogP contribution in [-0.2, 0) is 12.8 Å². The topological polar surface area (TPSA) is 47.3 Å². The molecule has 1 aromatic carbocycles. The number of aromatic nitrogens is 3. The molecule has 0 amide bonds. The van der Waals surface area contributed by atoms with Crippen molar-refractivity contribution in [1.82, 2.24) is 14.6 Å². The number of aryl methyl sites for hydroxylation is 2. The Labute approximate surface area is 120 Å². The Kier molecular flexibility index (Phi) is 2.67. The van der Waals surface area contributed by atoms with Crippen molar-refractivity contribution < 1.29 is 4.79 Å². The summed E-state index contributed by atoms with van der Waals surface area (Å²) >= 11 is 1.44. The van der Waals surface area contributed by atoms with E-state index in [0.29, 0.717) is 5.69 Å². The van der Waals surface area contributed by atoms with Crippen molar-refractivity contribution in [1.29, 1.82) is 0 Å². The van der Waals surface area contributed by atoms with E-state index in [1.165, 1.54) is 35.3 Å². The maximum Gasteiger partial charge on any atom is 0.213 e. The second-order valence-electron chi connectivity index (χ2n) is 5.09. The number of nitrogens with zero attached hydrogens (tertiary/aromatic N) is 3. The second-order valence-corrected chi connectivity index (χ2v) is 5.90. The fourth-order valence-corrected chi connectivity index (χ4v) is 3.53. The number of aldehydes is 1. The van der Waals surface area contributed by atoms with E-state index >= 15 is 0 Å². The van der Waals surface area contributed by atoms with Gasteiger partial charge in [0, 0.05) is 5.56 Å². The average Bonchev–Trinajstić information content (AvgIpc) is 3.07. The number of carbonyl (C=O) groups is 1. The molecule has 0 spiro atoms. The SMILES string of the molecule is O=Cc1c(-c2ccc3c(c2)CCCC3)nc2scnn12. The lowest BCUT2D eigenvalue weighted by atomic mass is 9.90. The molecule has 0 radical (unpaired) electrons. The highest BCUT2D eigenvalue weighted by molar-refractivity contribution is 7.14. The van der Waals surface area contributed by atoms with Crippen molar-refractivity contribution >= 4 is 22.6 Å². The van der Waals surface area contributed by atoms with Gasteiger partial charge >= 0.3 is 0 Å². The first kappa shape index (κ1) is 11.8. The molecule has 2 heterocycles. The molecule has 2 aromatic heterocycles. The number of fused-ring (bicyclic) bond motifs is 2. The van der Waals surface area contributed by atoms with Crippen LogP contribution >= 0.6 is 11.3 Å². The summed E-state index contributed by atoms with van der Waals surface area (Å²) in [5.41, 5.74) is 6.84.